The fraction of sp³-hybridized carbons (Fsp3) is 0.800. The maximum Gasteiger partial charge on any atom is 0.0685 e. The third kappa shape index (κ3) is 3.88. The molecular formula is C10H20O2. The first-order valence-electron chi connectivity index (χ1n) is 4.39. The molecule has 0 aliphatic rings. The minimum Gasteiger partial charge on any atom is -0.392 e. The van der Waals surface area contributed by atoms with Crippen LogP contribution < -0.4 is 0 Å². The molecule has 0 aromatic carbocycles. The van der Waals surface area contributed by atoms with Crippen molar-refractivity contribution in [2.24, 2.45) is 0 Å². The van der Waals surface area contributed by atoms with Crippen LogP contribution in [0.1, 0.15) is 33.6 Å². The largest absolute Gasteiger partial charge is 0.392 e. The van der Waals surface area contributed by atoms with Gasteiger partial charge in [-0.05, 0) is 26.7 Å². The van der Waals surface area contributed by atoms with Crippen LogP contribution in [0.3, 0.4) is 0 Å². The van der Waals surface area contributed by atoms with E-state index >= 15 is 0 Å². The second-order valence-corrected chi connectivity index (χ2v) is 3.42. The van der Waals surface area contributed by atoms with Gasteiger partial charge in [-0.25, -0.2) is 0 Å². The Labute approximate surface area is 75.2 Å². The minimum atomic E-state index is -0.0737. The highest BCUT2D eigenvalue weighted by molar-refractivity contribution is 5.02. The van der Waals surface area contributed by atoms with E-state index in [1.807, 2.05) is 13.0 Å². The Balaban J connectivity index is 4.11. The van der Waals surface area contributed by atoms with Crippen molar-refractivity contribution in [2.75, 3.05) is 13.7 Å². The van der Waals surface area contributed by atoms with Gasteiger partial charge in [0.15, 0.2) is 0 Å². The molecule has 0 rings (SSSR count). The van der Waals surface area contributed by atoms with E-state index in [0.717, 1.165) is 12.8 Å². The molecule has 0 saturated heterocycles. The number of hydrogen-bond acceptors (Lipinski definition) is 2. The standard InChI is InChI=1S/C10H20O2/c1-5-10(3,12-4)8-9(2)6-7-11/h6,11H,5,7-8H2,1-4H3/b9-6+. The molecule has 1 atom stereocenters. The van der Waals surface area contributed by atoms with Gasteiger partial charge in [-0.1, -0.05) is 18.6 Å². The zero-order valence-electron chi connectivity index (χ0n) is 8.55. The number of rotatable bonds is 5. The van der Waals surface area contributed by atoms with Crippen molar-refractivity contribution >= 4 is 0 Å². The fourth-order valence-electron chi connectivity index (χ4n) is 1.16. The molecule has 0 fully saturated rings. The molecule has 0 saturated carbocycles. The summed E-state index contributed by atoms with van der Waals surface area (Å²) in [5.74, 6) is 0. The Hall–Kier alpha value is -0.340. The molecule has 72 valence electrons. The minimum absolute atomic E-state index is 0.0737. The molecule has 2 nitrogen and oxygen atoms in total. The summed E-state index contributed by atoms with van der Waals surface area (Å²) in [6.45, 7) is 6.33. The van der Waals surface area contributed by atoms with Gasteiger partial charge < -0.3 is 9.84 Å². The molecule has 0 aliphatic heterocycles. The topological polar surface area (TPSA) is 29.5 Å². The first-order valence-corrected chi connectivity index (χ1v) is 4.39. The van der Waals surface area contributed by atoms with Crippen molar-refractivity contribution in [3.8, 4) is 0 Å². The van der Waals surface area contributed by atoms with Gasteiger partial charge in [-0.3, -0.25) is 0 Å². The molecule has 0 aliphatic carbocycles. The van der Waals surface area contributed by atoms with E-state index in [9.17, 15) is 0 Å². The van der Waals surface area contributed by atoms with Crippen LogP contribution in [-0.2, 0) is 4.74 Å². The number of aliphatic hydroxyl groups excluding tert-OH is 1. The van der Waals surface area contributed by atoms with Crippen LogP contribution in [0.4, 0.5) is 0 Å². The van der Waals surface area contributed by atoms with Crippen LogP contribution in [0.25, 0.3) is 0 Å². The van der Waals surface area contributed by atoms with Gasteiger partial charge in [0.25, 0.3) is 0 Å². The average Bonchev–Trinajstić information content (AvgIpc) is 2.05. The van der Waals surface area contributed by atoms with E-state index in [2.05, 4.69) is 13.8 Å². The van der Waals surface area contributed by atoms with E-state index in [4.69, 9.17) is 9.84 Å². The summed E-state index contributed by atoms with van der Waals surface area (Å²) in [6.07, 6.45) is 3.70. The maximum atomic E-state index is 8.66. The summed E-state index contributed by atoms with van der Waals surface area (Å²) in [5, 5.41) is 8.66. The van der Waals surface area contributed by atoms with Gasteiger partial charge in [0, 0.05) is 7.11 Å². The molecular weight excluding hydrogens is 152 g/mol. The quantitative estimate of drug-likeness (QED) is 0.644. The van der Waals surface area contributed by atoms with Crippen LogP contribution in [0.2, 0.25) is 0 Å². The summed E-state index contributed by atoms with van der Waals surface area (Å²) >= 11 is 0. The smallest absolute Gasteiger partial charge is 0.0685 e. The van der Waals surface area contributed by atoms with Crippen molar-refractivity contribution < 1.29 is 9.84 Å². The molecule has 2 heteroatoms. The molecule has 0 aromatic heterocycles. The Morgan fingerprint density at radius 2 is 2.17 bits per heavy atom. The number of methoxy groups -OCH3 is 1. The highest BCUT2D eigenvalue weighted by atomic mass is 16.5. The second-order valence-electron chi connectivity index (χ2n) is 3.42. The van der Waals surface area contributed by atoms with E-state index < -0.39 is 0 Å². The lowest BCUT2D eigenvalue weighted by molar-refractivity contribution is 0.00325. The van der Waals surface area contributed by atoms with Gasteiger partial charge in [-0.15, -0.1) is 0 Å². The molecule has 0 radical (unpaired) electrons. The van der Waals surface area contributed by atoms with Gasteiger partial charge in [0.1, 0.15) is 0 Å². The zero-order chi connectivity index (χ0) is 9.61. The third-order valence-electron chi connectivity index (χ3n) is 2.33. The van der Waals surface area contributed by atoms with E-state index in [1.54, 1.807) is 7.11 Å². The van der Waals surface area contributed by atoms with Crippen LogP contribution in [-0.4, -0.2) is 24.4 Å². The summed E-state index contributed by atoms with van der Waals surface area (Å²) in [5.41, 5.74) is 1.11. The monoisotopic (exact) mass is 172 g/mol. The van der Waals surface area contributed by atoms with E-state index in [1.165, 1.54) is 5.57 Å². The van der Waals surface area contributed by atoms with Gasteiger partial charge in [0.2, 0.25) is 0 Å². The molecule has 0 spiro atoms. The molecule has 0 bridgehead atoms. The predicted octanol–water partition coefficient (Wildman–Crippen LogP) is 2.13. The van der Waals surface area contributed by atoms with Crippen molar-refractivity contribution in [2.45, 2.75) is 39.2 Å². The van der Waals surface area contributed by atoms with Crippen LogP contribution in [0.15, 0.2) is 11.6 Å². The molecule has 1 unspecified atom stereocenters. The normalized spacial score (nSPS) is 17.6. The Morgan fingerprint density at radius 3 is 2.50 bits per heavy atom. The molecule has 0 aromatic rings. The zero-order valence-corrected chi connectivity index (χ0v) is 8.55. The van der Waals surface area contributed by atoms with Crippen molar-refractivity contribution in [1.29, 1.82) is 0 Å². The first kappa shape index (κ1) is 11.7. The van der Waals surface area contributed by atoms with Gasteiger partial charge in [0.05, 0.1) is 12.2 Å². The molecule has 12 heavy (non-hydrogen) atoms. The maximum absolute atomic E-state index is 8.66. The number of ether oxygens (including phenoxy) is 1. The lowest BCUT2D eigenvalue weighted by atomic mass is 9.94. The Bertz CT molecular complexity index is 146. The summed E-state index contributed by atoms with van der Waals surface area (Å²) in [4.78, 5) is 0. The molecule has 0 heterocycles. The molecule has 0 amide bonds. The number of hydrogen-bond donors (Lipinski definition) is 1. The van der Waals surface area contributed by atoms with E-state index in [-0.39, 0.29) is 12.2 Å². The van der Waals surface area contributed by atoms with Crippen molar-refractivity contribution in [3.63, 3.8) is 0 Å². The first-order chi connectivity index (χ1) is 5.58. The van der Waals surface area contributed by atoms with Gasteiger partial charge >= 0.3 is 0 Å². The third-order valence-corrected chi connectivity index (χ3v) is 2.33. The van der Waals surface area contributed by atoms with Crippen molar-refractivity contribution in [1.82, 2.24) is 0 Å². The Morgan fingerprint density at radius 1 is 1.58 bits per heavy atom. The Kier molecular flexibility index (Phi) is 5.18. The molecule has 1 N–H and O–H groups in total. The summed E-state index contributed by atoms with van der Waals surface area (Å²) in [7, 11) is 1.73. The highest BCUT2D eigenvalue weighted by Gasteiger charge is 2.20. The SMILES string of the molecule is CCC(C)(C/C(C)=C/CO)OC. The van der Waals surface area contributed by atoms with Crippen LogP contribution >= 0.6 is 0 Å². The van der Waals surface area contributed by atoms with Crippen molar-refractivity contribution in [3.05, 3.63) is 11.6 Å². The fourth-order valence-corrected chi connectivity index (χ4v) is 1.16. The lowest BCUT2D eigenvalue weighted by Crippen LogP contribution is -2.26. The van der Waals surface area contributed by atoms with Gasteiger partial charge in [-0.2, -0.15) is 0 Å². The van der Waals surface area contributed by atoms with Crippen LogP contribution in [0.5, 0.6) is 0 Å². The van der Waals surface area contributed by atoms with E-state index in [0.29, 0.717) is 0 Å². The van der Waals surface area contributed by atoms with Crippen LogP contribution in [0, 0.1) is 0 Å². The summed E-state index contributed by atoms with van der Waals surface area (Å²) in [6, 6.07) is 0. The second kappa shape index (κ2) is 5.33. The predicted molar refractivity (Wildman–Crippen MR) is 51.2 cm³/mol. The number of aliphatic hydroxyl groups is 1. The summed E-state index contributed by atoms with van der Waals surface area (Å²) < 4.78 is 5.38. The highest BCUT2D eigenvalue weighted by Crippen LogP contribution is 2.22. The lowest BCUT2D eigenvalue weighted by Gasteiger charge is -2.26. The average molecular weight is 172 g/mol.